The molecule has 0 aliphatic rings. The van der Waals surface area contributed by atoms with E-state index < -0.39 is 88.9 Å². The summed E-state index contributed by atoms with van der Waals surface area (Å²) in [6.45, 7) is -0.426. The Labute approximate surface area is 403 Å². The highest BCUT2D eigenvalue weighted by Gasteiger charge is 2.41. The van der Waals surface area contributed by atoms with E-state index in [2.05, 4.69) is 16.0 Å². The van der Waals surface area contributed by atoms with Gasteiger partial charge in [0.25, 0.3) is 0 Å². The zero-order valence-corrected chi connectivity index (χ0v) is 37.4. The van der Waals surface area contributed by atoms with Crippen molar-refractivity contribution < 1.29 is 60.1 Å². The van der Waals surface area contributed by atoms with Crippen molar-refractivity contribution >= 4 is 41.2 Å². The van der Waals surface area contributed by atoms with E-state index in [0.717, 1.165) is 18.2 Å². The number of hydrogen-bond acceptors (Lipinski definition) is 9. The van der Waals surface area contributed by atoms with Gasteiger partial charge in [-0.2, -0.15) is 0 Å². The lowest BCUT2D eigenvalue weighted by molar-refractivity contribution is -0.118. The van der Waals surface area contributed by atoms with Gasteiger partial charge in [-0.05, 0) is 65.1 Å². The SMILES string of the molecule is N[C@H](C(=O)Nc1cc(C(=O)OCc2ccccc2)cc(C(=O)OCc2ccccc2)c1)C(c1c(F)c(F)c(F)c(F)c1F)C(Cc1ccccc1)NC(=O)Nc1cccc(C(=O)OCc2ccccc2)c1. The van der Waals surface area contributed by atoms with Crippen LogP contribution >= 0.6 is 0 Å². The summed E-state index contributed by atoms with van der Waals surface area (Å²) in [5.41, 5.74) is 6.58. The molecule has 0 aromatic heterocycles. The van der Waals surface area contributed by atoms with Crippen LogP contribution in [-0.4, -0.2) is 41.9 Å². The second-order valence-electron chi connectivity index (χ2n) is 16.0. The Hall–Kier alpha value is -8.70. The highest BCUT2D eigenvalue weighted by atomic mass is 19.2. The summed E-state index contributed by atoms with van der Waals surface area (Å²) in [4.78, 5) is 68.2. The van der Waals surface area contributed by atoms with Crippen LogP contribution in [0.4, 0.5) is 38.1 Å². The minimum Gasteiger partial charge on any atom is -0.457 e. The van der Waals surface area contributed by atoms with Crippen molar-refractivity contribution in [3.63, 3.8) is 0 Å². The number of urea groups is 1. The van der Waals surface area contributed by atoms with Gasteiger partial charge < -0.3 is 35.9 Å². The van der Waals surface area contributed by atoms with E-state index >= 15 is 17.6 Å². The van der Waals surface area contributed by atoms with Gasteiger partial charge in [0.2, 0.25) is 11.7 Å². The normalized spacial score (nSPS) is 12.1. The topological polar surface area (TPSA) is 175 Å². The predicted molar refractivity (Wildman–Crippen MR) is 251 cm³/mol. The van der Waals surface area contributed by atoms with Crippen molar-refractivity contribution in [3.8, 4) is 0 Å². The van der Waals surface area contributed by atoms with Crippen LogP contribution in [-0.2, 0) is 45.2 Å². The van der Waals surface area contributed by atoms with E-state index in [9.17, 15) is 28.4 Å². The fourth-order valence-corrected chi connectivity index (χ4v) is 7.48. The van der Waals surface area contributed by atoms with Crippen LogP contribution in [0.5, 0.6) is 0 Å². The van der Waals surface area contributed by atoms with Gasteiger partial charge in [0.15, 0.2) is 23.3 Å². The number of benzene rings is 7. The van der Waals surface area contributed by atoms with Crippen molar-refractivity contribution in [1.29, 1.82) is 0 Å². The molecule has 7 aromatic rings. The highest BCUT2D eigenvalue weighted by Crippen LogP contribution is 2.35. The van der Waals surface area contributed by atoms with Gasteiger partial charge in [-0.3, -0.25) is 4.79 Å². The molecule has 12 nitrogen and oxygen atoms in total. The molecule has 0 spiro atoms. The molecular formula is C54H43F5N4O8. The Morgan fingerprint density at radius 2 is 0.859 bits per heavy atom. The monoisotopic (exact) mass is 970 g/mol. The maximum Gasteiger partial charge on any atom is 0.338 e. The quantitative estimate of drug-likeness (QED) is 0.0215. The van der Waals surface area contributed by atoms with Crippen LogP contribution in [0.2, 0.25) is 0 Å². The summed E-state index contributed by atoms with van der Waals surface area (Å²) in [5.74, 6) is -18.1. The molecule has 2 unspecified atom stereocenters. The molecule has 7 rings (SSSR count). The van der Waals surface area contributed by atoms with Gasteiger partial charge in [0, 0.05) is 28.9 Å². The second kappa shape index (κ2) is 23.5. The highest BCUT2D eigenvalue weighted by molar-refractivity contribution is 6.01. The van der Waals surface area contributed by atoms with Crippen LogP contribution in [0.1, 0.15) is 64.8 Å². The zero-order chi connectivity index (χ0) is 50.4. The number of amides is 3. The summed E-state index contributed by atoms with van der Waals surface area (Å²) in [6.07, 6.45) is -0.411. The van der Waals surface area contributed by atoms with Gasteiger partial charge >= 0.3 is 23.9 Å². The third-order valence-electron chi connectivity index (χ3n) is 11.0. The minimum atomic E-state index is -2.49. The second-order valence-corrected chi connectivity index (χ2v) is 16.0. The number of nitrogens with one attached hydrogen (secondary N) is 3. The first kappa shape index (κ1) is 50.2. The molecule has 3 amide bonds. The summed E-state index contributed by atoms with van der Waals surface area (Å²) in [7, 11) is 0. The fourth-order valence-electron chi connectivity index (χ4n) is 7.48. The molecule has 0 saturated carbocycles. The Balaban J connectivity index is 1.21. The van der Waals surface area contributed by atoms with Gasteiger partial charge in [-0.15, -0.1) is 0 Å². The first-order valence-electron chi connectivity index (χ1n) is 21.8. The lowest BCUT2D eigenvalue weighted by Crippen LogP contribution is -2.53. The lowest BCUT2D eigenvalue weighted by Gasteiger charge is -2.33. The minimum absolute atomic E-state index is 0.0187. The molecule has 0 fully saturated rings. The van der Waals surface area contributed by atoms with Crippen LogP contribution in [0, 0.1) is 29.1 Å². The number of esters is 3. The van der Waals surface area contributed by atoms with E-state index in [-0.39, 0.29) is 47.9 Å². The zero-order valence-electron chi connectivity index (χ0n) is 37.4. The van der Waals surface area contributed by atoms with E-state index in [1.807, 2.05) is 0 Å². The molecule has 5 N–H and O–H groups in total. The van der Waals surface area contributed by atoms with Gasteiger partial charge in [0.1, 0.15) is 19.8 Å². The van der Waals surface area contributed by atoms with Crippen LogP contribution in [0.3, 0.4) is 0 Å². The number of halogens is 5. The molecular weight excluding hydrogens is 928 g/mol. The predicted octanol–water partition coefficient (Wildman–Crippen LogP) is 9.94. The van der Waals surface area contributed by atoms with Crippen LogP contribution in [0.25, 0.3) is 0 Å². The van der Waals surface area contributed by atoms with Gasteiger partial charge in [-0.25, -0.2) is 41.1 Å². The first-order valence-corrected chi connectivity index (χ1v) is 21.8. The van der Waals surface area contributed by atoms with Crippen LogP contribution in [0.15, 0.2) is 164 Å². The lowest BCUT2D eigenvalue weighted by atomic mass is 9.81. The molecule has 17 heteroatoms. The van der Waals surface area contributed by atoms with Crippen molar-refractivity contribution in [2.45, 2.75) is 44.2 Å². The maximum absolute atomic E-state index is 16.1. The van der Waals surface area contributed by atoms with Crippen LogP contribution < -0.4 is 21.7 Å². The molecule has 0 bridgehead atoms. The molecule has 0 aliphatic heterocycles. The van der Waals surface area contributed by atoms with E-state index in [1.165, 1.54) is 24.3 Å². The molecule has 0 saturated heterocycles. The van der Waals surface area contributed by atoms with Crippen molar-refractivity contribution in [3.05, 3.63) is 237 Å². The number of anilines is 2. The van der Waals surface area contributed by atoms with Gasteiger partial charge in [0.05, 0.1) is 22.7 Å². The van der Waals surface area contributed by atoms with Crippen molar-refractivity contribution in [1.82, 2.24) is 5.32 Å². The van der Waals surface area contributed by atoms with Crippen molar-refractivity contribution in [2.75, 3.05) is 10.6 Å². The molecule has 362 valence electrons. The van der Waals surface area contributed by atoms with E-state index in [0.29, 0.717) is 22.3 Å². The number of rotatable bonds is 18. The summed E-state index contributed by atoms with van der Waals surface area (Å²) >= 11 is 0. The Morgan fingerprint density at radius 1 is 0.451 bits per heavy atom. The first-order chi connectivity index (χ1) is 34.2. The standard InChI is InChI=1S/C54H43F5N4O8/c55-44-43(45(56)47(58)48(59)46(44)57)42(41(24-32-14-5-1-6-15-32)63-54(68)62-39-23-13-22-36(26-39)51(65)69-29-33-16-7-2-8-17-33)49(60)50(64)61-40-27-37(52(66)70-30-34-18-9-3-10-19-34)25-38(28-40)53(67)71-31-35-20-11-4-12-21-35/h1-23,25-28,41-42,49H,24,29-31,60H2,(H,61,64)(H2,62,63,68)/t41?,42?,49-/m0/s1. The molecule has 0 radical (unpaired) electrons. The number of hydrogen-bond donors (Lipinski definition) is 4. The smallest absolute Gasteiger partial charge is 0.338 e. The van der Waals surface area contributed by atoms with Gasteiger partial charge in [-0.1, -0.05) is 127 Å². The molecule has 7 aromatic carbocycles. The summed E-state index contributed by atoms with van der Waals surface area (Å²) in [6, 6.07) is 37.7. The number of ether oxygens (including phenoxy) is 3. The number of carbonyl (C=O) groups is 5. The third kappa shape index (κ3) is 13.1. The Morgan fingerprint density at radius 3 is 1.32 bits per heavy atom. The summed E-state index contributed by atoms with van der Waals surface area (Å²) in [5, 5.41) is 7.39. The average molecular weight is 971 g/mol. The van der Waals surface area contributed by atoms with Crippen molar-refractivity contribution in [2.24, 2.45) is 5.73 Å². The third-order valence-corrected chi connectivity index (χ3v) is 11.0. The molecule has 3 atom stereocenters. The fraction of sp³-hybridized carbons (Fsp3) is 0.130. The Bertz CT molecular complexity index is 2920. The maximum atomic E-state index is 16.1. The summed E-state index contributed by atoms with van der Waals surface area (Å²) < 4.78 is 93.3. The molecule has 71 heavy (non-hydrogen) atoms. The van der Waals surface area contributed by atoms with E-state index in [4.69, 9.17) is 19.9 Å². The number of nitrogens with two attached hydrogens (primary N) is 1. The molecule has 0 heterocycles. The average Bonchev–Trinajstić information content (AvgIpc) is 3.39. The largest absolute Gasteiger partial charge is 0.457 e. The number of carbonyl (C=O) groups excluding carboxylic acids is 5. The molecule has 0 aliphatic carbocycles. The Kier molecular flexibility index (Phi) is 16.6. The van der Waals surface area contributed by atoms with E-state index in [1.54, 1.807) is 121 Å².